The SMILES string of the molecule is CC1C=Nc2c(ccc3cccnc23)C1. The third-order valence-corrected chi connectivity index (χ3v) is 2.83. The molecular weight excluding hydrogens is 184 g/mol. The fourth-order valence-corrected chi connectivity index (χ4v) is 2.08. The summed E-state index contributed by atoms with van der Waals surface area (Å²) >= 11 is 0. The van der Waals surface area contributed by atoms with Crippen molar-refractivity contribution in [1.82, 2.24) is 4.98 Å². The normalized spacial score (nSPS) is 19.1. The van der Waals surface area contributed by atoms with Gasteiger partial charge in [-0.3, -0.25) is 9.98 Å². The van der Waals surface area contributed by atoms with Crippen molar-refractivity contribution >= 4 is 22.8 Å². The predicted octanol–water partition coefficient (Wildman–Crippen LogP) is 3.13. The van der Waals surface area contributed by atoms with Crippen LogP contribution in [0.4, 0.5) is 5.69 Å². The van der Waals surface area contributed by atoms with E-state index in [-0.39, 0.29) is 0 Å². The number of rotatable bonds is 0. The van der Waals surface area contributed by atoms with E-state index in [0.29, 0.717) is 5.92 Å². The molecule has 2 nitrogen and oxygen atoms in total. The van der Waals surface area contributed by atoms with E-state index < -0.39 is 0 Å². The molecule has 1 aliphatic rings. The van der Waals surface area contributed by atoms with Gasteiger partial charge in [0.05, 0.1) is 11.2 Å². The van der Waals surface area contributed by atoms with E-state index in [1.807, 2.05) is 18.5 Å². The first kappa shape index (κ1) is 8.60. The molecule has 3 rings (SSSR count). The summed E-state index contributed by atoms with van der Waals surface area (Å²) in [6.07, 6.45) is 4.93. The molecule has 1 atom stereocenters. The number of hydrogen-bond acceptors (Lipinski definition) is 2. The molecule has 0 aliphatic carbocycles. The van der Waals surface area contributed by atoms with Crippen molar-refractivity contribution in [2.45, 2.75) is 13.3 Å². The molecule has 0 spiro atoms. The van der Waals surface area contributed by atoms with Gasteiger partial charge in [-0.1, -0.05) is 25.1 Å². The highest BCUT2D eigenvalue weighted by Gasteiger charge is 2.13. The maximum Gasteiger partial charge on any atom is 0.0961 e. The molecule has 1 aromatic carbocycles. The Morgan fingerprint density at radius 1 is 1.27 bits per heavy atom. The van der Waals surface area contributed by atoms with Crippen LogP contribution < -0.4 is 0 Å². The molecule has 1 unspecified atom stereocenters. The number of hydrogen-bond donors (Lipinski definition) is 0. The monoisotopic (exact) mass is 196 g/mol. The fourth-order valence-electron chi connectivity index (χ4n) is 2.08. The first-order chi connectivity index (χ1) is 7.34. The van der Waals surface area contributed by atoms with Crippen molar-refractivity contribution < 1.29 is 0 Å². The van der Waals surface area contributed by atoms with Crippen LogP contribution in [0.1, 0.15) is 12.5 Å². The van der Waals surface area contributed by atoms with Crippen LogP contribution in [0.3, 0.4) is 0 Å². The Hall–Kier alpha value is -1.70. The van der Waals surface area contributed by atoms with Gasteiger partial charge in [0.25, 0.3) is 0 Å². The summed E-state index contributed by atoms with van der Waals surface area (Å²) in [5, 5.41) is 1.17. The van der Waals surface area contributed by atoms with Gasteiger partial charge in [0.1, 0.15) is 0 Å². The quantitative estimate of drug-likeness (QED) is 0.635. The lowest BCUT2D eigenvalue weighted by atomic mass is 9.96. The second-order valence-electron chi connectivity index (χ2n) is 4.11. The maximum absolute atomic E-state index is 4.51. The van der Waals surface area contributed by atoms with E-state index in [2.05, 4.69) is 35.1 Å². The summed E-state index contributed by atoms with van der Waals surface area (Å²) in [5.74, 6) is 0.540. The van der Waals surface area contributed by atoms with Crippen LogP contribution in [0.2, 0.25) is 0 Å². The third kappa shape index (κ3) is 1.33. The lowest BCUT2D eigenvalue weighted by molar-refractivity contribution is 0.772. The minimum absolute atomic E-state index is 0.540. The van der Waals surface area contributed by atoms with Gasteiger partial charge in [0.2, 0.25) is 0 Å². The lowest BCUT2D eigenvalue weighted by Crippen LogP contribution is -2.06. The van der Waals surface area contributed by atoms with Crippen molar-refractivity contribution in [2.24, 2.45) is 10.9 Å². The maximum atomic E-state index is 4.51. The molecule has 2 heteroatoms. The molecule has 0 amide bonds. The minimum Gasteiger partial charge on any atom is -0.258 e. The van der Waals surface area contributed by atoms with Gasteiger partial charge in [-0.05, 0) is 24.0 Å². The number of pyridine rings is 1. The highest BCUT2D eigenvalue weighted by atomic mass is 14.8. The van der Waals surface area contributed by atoms with E-state index in [1.54, 1.807) is 0 Å². The molecule has 0 radical (unpaired) electrons. The van der Waals surface area contributed by atoms with Gasteiger partial charge in [0, 0.05) is 17.8 Å². The Morgan fingerprint density at radius 3 is 3.13 bits per heavy atom. The fraction of sp³-hybridized carbons (Fsp3) is 0.231. The molecule has 0 bridgehead atoms. The van der Waals surface area contributed by atoms with Crippen molar-refractivity contribution in [3.05, 3.63) is 36.0 Å². The van der Waals surface area contributed by atoms with Crippen LogP contribution in [0.5, 0.6) is 0 Å². The Labute approximate surface area is 88.7 Å². The summed E-state index contributed by atoms with van der Waals surface area (Å²) in [4.78, 5) is 8.92. The molecule has 0 saturated carbocycles. The van der Waals surface area contributed by atoms with E-state index in [0.717, 1.165) is 17.6 Å². The molecule has 0 saturated heterocycles. The first-order valence-electron chi connectivity index (χ1n) is 5.25. The van der Waals surface area contributed by atoms with Gasteiger partial charge in [-0.2, -0.15) is 0 Å². The van der Waals surface area contributed by atoms with E-state index >= 15 is 0 Å². The molecule has 1 aromatic heterocycles. The van der Waals surface area contributed by atoms with Crippen molar-refractivity contribution in [3.63, 3.8) is 0 Å². The summed E-state index contributed by atoms with van der Waals surface area (Å²) < 4.78 is 0. The van der Waals surface area contributed by atoms with Crippen LogP contribution in [0.15, 0.2) is 35.5 Å². The Balaban J connectivity index is 2.33. The second-order valence-corrected chi connectivity index (χ2v) is 4.11. The Morgan fingerprint density at radius 2 is 2.20 bits per heavy atom. The Bertz CT molecular complexity index is 543. The number of aromatic nitrogens is 1. The van der Waals surface area contributed by atoms with Crippen LogP contribution in [0.25, 0.3) is 10.9 Å². The topological polar surface area (TPSA) is 25.2 Å². The zero-order chi connectivity index (χ0) is 10.3. The first-order valence-corrected chi connectivity index (χ1v) is 5.25. The summed E-state index contributed by atoms with van der Waals surface area (Å²) in [5.41, 5.74) is 3.40. The van der Waals surface area contributed by atoms with Crippen LogP contribution in [-0.2, 0) is 6.42 Å². The van der Waals surface area contributed by atoms with Crippen LogP contribution in [0, 0.1) is 5.92 Å². The molecular formula is C13H12N2. The Kier molecular flexibility index (Phi) is 1.81. The zero-order valence-corrected chi connectivity index (χ0v) is 8.64. The molecule has 2 heterocycles. The zero-order valence-electron chi connectivity index (χ0n) is 8.64. The predicted molar refractivity (Wildman–Crippen MR) is 62.8 cm³/mol. The highest BCUT2D eigenvalue weighted by molar-refractivity contribution is 5.93. The van der Waals surface area contributed by atoms with Crippen molar-refractivity contribution in [1.29, 1.82) is 0 Å². The average molecular weight is 196 g/mol. The van der Waals surface area contributed by atoms with Crippen molar-refractivity contribution in [3.8, 4) is 0 Å². The molecule has 74 valence electrons. The molecule has 15 heavy (non-hydrogen) atoms. The summed E-state index contributed by atoms with van der Waals surface area (Å²) in [6, 6.07) is 8.35. The minimum atomic E-state index is 0.540. The van der Waals surface area contributed by atoms with Gasteiger partial charge in [-0.25, -0.2) is 0 Å². The number of nitrogens with zero attached hydrogens (tertiary/aromatic N) is 2. The molecule has 2 aromatic rings. The van der Waals surface area contributed by atoms with E-state index in [1.165, 1.54) is 10.9 Å². The molecule has 1 aliphatic heterocycles. The number of benzene rings is 1. The molecule has 0 fully saturated rings. The van der Waals surface area contributed by atoms with Gasteiger partial charge < -0.3 is 0 Å². The van der Waals surface area contributed by atoms with Gasteiger partial charge >= 0.3 is 0 Å². The number of fused-ring (bicyclic) bond motifs is 3. The van der Waals surface area contributed by atoms with Crippen molar-refractivity contribution in [2.75, 3.05) is 0 Å². The second kappa shape index (κ2) is 3.16. The highest BCUT2D eigenvalue weighted by Crippen LogP contribution is 2.32. The average Bonchev–Trinajstić information content (AvgIpc) is 2.28. The largest absolute Gasteiger partial charge is 0.258 e. The summed E-state index contributed by atoms with van der Waals surface area (Å²) in [6.45, 7) is 2.19. The van der Waals surface area contributed by atoms with Crippen LogP contribution in [-0.4, -0.2) is 11.2 Å². The number of aliphatic imine (C=N–C) groups is 1. The standard InChI is InChI=1S/C13H12N2/c1-9-7-11-5-4-10-3-2-6-14-12(10)13(11)15-8-9/h2-6,8-9H,7H2,1H3. The van der Waals surface area contributed by atoms with E-state index in [9.17, 15) is 0 Å². The lowest BCUT2D eigenvalue weighted by Gasteiger charge is -2.15. The summed E-state index contributed by atoms with van der Waals surface area (Å²) in [7, 11) is 0. The van der Waals surface area contributed by atoms with Crippen LogP contribution >= 0.6 is 0 Å². The van der Waals surface area contributed by atoms with Gasteiger partial charge in [0.15, 0.2) is 0 Å². The molecule has 0 N–H and O–H groups in total. The van der Waals surface area contributed by atoms with E-state index in [4.69, 9.17) is 0 Å². The smallest absolute Gasteiger partial charge is 0.0961 e. The van der Waals surface area contributed by atoms with Gasteiger partial charge in [-0.15, -0.1) is 0 Å². The third-order valence-electron chi connectivity index (χ3n) is 2.83.